The maximum Gasteiger partial charge on any atom is 0.420 e. The minimum Gasteiger partial charge on any atom is -0.407 e. The Balaban J connectivity index is 1.32. The SMILES string of the molecule is O=C1NC(CSC(c2ccccc2)(c2ccccc2)c2ccccc2)C1n1c(-c2ccccc2)c(-c2ccccc2)oc1=O. The second-order valence-corrected chi connectivity index (χ2v) is 12.0. The zero-order valence-corrected chi connectivity index (χ0v) is 24.7. The van der Waals surface area contributed by atoms with Gasteiger partial charge in [-0.2, -0.15) is 0 Å². The van der Waals surface area contributed by atoms with Gasteiger partial charge in [0.25, 0.3) is 0 Å². The van der Waals surface area contributed by atoms with Crippen molar-refractivity contribution in [3.8, 4) is 22.6 Å². The molecule has 44 heavy (non-hydrogen) atoms. The molecule has 5 aromatic carbocycles. The van der Waals surface area contributed by atoms with E-state index in [2.05, 4.69) is 78.1 Å². The van der Waals surface area contributed by atoms with Gasteiger partial charge in [-0.05, 0) is 16.7 Å². The van der Waals surface area contributed by atoms with Gasteiger partial charge in [0.15, 0.2) is 5.76 Å². The first-order chi connectivity index (χ1) is 21.7. The number of benzene rings is 5. The largest absolute Gasteiger partial charge is 0.420 e. The molecule has 1 saturated heterocycles. The average Bonchev–Trinajstić information content (AvgIpc) is 3.42. The fraction of sp³-hybridized carbons (Fsp3) is 0.105. The summed E-state index contributed by atoms with van der Waals surface area (Å²) in [5.41, 5.74) is 5.63. The third kappa shape index (κ3) is 4.87. The molecule has 2 atom stereocenters. The Bertz CT molecular complexity index is 1830. The van der Waals surface area contributed by atoms with Crippen molar-refractivity contribution in [3.63, 3.8) is 0 Å². The maximum atomic E-state index is 13.6. The van der Waals surface area contributed by atoms with E-state index in [9.17, 15) is 9.59 Å². The van der Waals surface area contributed by atoms with Gasteiger partial charge in [0.05, 0.1) is 16.5 Å². The normalized spacial score (nSPS) is 16.2. The molecule has 6 heteroatoms. The predicted octanol–water partition coefficient (Wildman–Crippen LogP) is 7.54. The highest BCUT2D eigenvalue weighted by Crippen LogP contribution is 2.49. The summed E-state index contributed by atoms with van der Waals surface area (Å²) in [4.78, 5) is 26.9. The number of hydrogen-bond acceptors (Lipinski definition) is 4. The molecule has 0 bridgehead atoms. The van der Waals surface area contributed by atoms with Crippen LogP contribution >= 0.6 is 11.8 Å². The fourth-order valence-corrected chi connectivity index (χ4v) is 7.74. The van der Waals surface area contributed by atoms with E-state index in [1.54, 1.807) is 16.3 Å². The summed E-state index contributed by atoms with van der Waals surface area (Å²) in [5.74, 6) is 0.278. The average molecular weight is 595 g/mol. The molecule has 2 heterocycles. The molecule has 5 nitrogen and oxygen atoms in total. The number of nitrogens with zero attached hydrogens (tertiary/aromatic N) is 1. The number of nitrogens with one attached hydrogen (secondary N) is 1. The molecule has 0 radical (unpaired) electrons. The quantitative estimate of drug-likeness (QED) is 0.139. The molecular weight excluding hydrogens is 564 g/mol. The monoisotopic (exact) mass is 594 g/mol. The van der Waals surface area contributed by atoms with E-state index < -0.39 is 16.5 Å². The van der Waals surface area contributed by atoms with Crippen LogP contribution in [0.5, 0.6) is 0 Å². The van der Waals surface area contributed by atoms with Crippen molar-refractivity contribution in [2.45, 2.75) is 16.8 Å². The van der Waals surface area contributed by atoms with Crippen molar-refractivity contribution < 1.29 is 9.21 Å². The first-order valence-electron chi connectivity index (χ1n) is 14.6. The Kier molecular flexibility index (Phi) is 7.50. The number of oxazole rings is 1. The first-order valence-corrected chi connectivity index (χ1v) is 15.6. The Morgan fingerprint density at radius 3 is 1.50 bits per heavy atom. The molecule has 1 aliphatic rings. The molecular formula is C38H30N2O3S. The Labute approximate surface area is 260 Å². The Morgan fingerprint density at radius 1 is 0.614 bits per heavy atom. The number of aromatic nitrogens is 1. The van der Waals surface area contributed by atoms with Crippen molar-refractivity contribution in [3.05, 3.63) is 179 Å². The van der Waals surface area contributed by atoms with Gasteiger partial charge in [0.1, 0.15) is 6.04 Å². The fourth-order valence-electron chi connectivity index (χ4n) is 6.14. The van der Waals surface area contributed by atoms with Crippen LogP contribution in [0.3, 0.4) is 0 Å². The Morgan fingerprint density at radius 2 is 1.05 bits per heavy atom. The lowest BCUT2D eigenvalue weighted by molar-refractivity contribution is -0.133. The van der Waals surface area contributed by atoms with E-state index >= 15 is 0 Å². The highest BCUT2D eigenvalue weighted by atomic mass is 32.2. The lowest BCUT2D eigenvalue weighted by Crippen LogP contribution is -2.61. The van der Waals surface area contributed by atoms with E-state index in [0.29, 0.717) is 17.2 Å². The van der Waals surface area contributed by atoms with Gasteiger partial charge < -0.3 is 9.73 Å². The number of amides is 1. The van der Waals surface area contributed by atoms with E-state index in [1.807, 2.05) is 78.9 Å². The lowest BCUT2D eigenvalue weighted by atomic mass is 9.84. The molecule has 0 aliphatic carbocycles. The van der Waals surface area contributed by atoms with Gasteiger partial charge in [0.2, 0.25) is 5.91 Å². The number of carbonyl (C=O) groups excluding carboxylic acids is 1. The van der Waals surface area contributed by atoms with Gasteiger partial charge in [-0.15, -0.1) is 11.8 Å². The molecule has 216 valence electrons. The van der Waals surface area contributed by atoms with Crippen molar-refractivity contribution >= 4 is 17.7 Å². The summed E-state index contributed by atoms with van der Waals surface area (Å²) in [7, 11) is 0. The molecule has 2 unspecified atom stereocenters. The van der Waals surface area contributed by atoms with Crippen LogP contribution < -0.4 is 11.1 Å². The van der Waals surface area contributed by atoms with Gasteiger partial charge in [0, 0.05) is 16.9 Å². The van der Waals surface area contributed by atoms with Crippen molar-refractivity contribution in [2.24, 2.45) is 0 Å². The van der Waals surface area contributed by atoms with Crippen LogP contribution in [0, 0.1) is 0 Å². The Hall–Kier alpha value is -5.07. The van der Waals surface area contributed by atoms with Gasteiger partial charge >= 0.3 is 5.76 Å². The predicted molar refractivity (Wildman–Crippen MR) is 176 cm³/mol. The van der Waals surface area contributed by atoms with Crippen LogP contribution in [0.1, 0.15) is 22.7 Å². The van der Waals surface area contributed by atoms with Crippen molar-refractivity contribution in [1.82, 2.24) is 9.88 Å². The zero-order valence-electron chi connectivity index (χ0n) is 23.9. The number of hydrogen-bond donors (Lipinski definition) is 1. The summed E-state index contributed by atoms with van der Waals surface area (Å²) < 4.78 is 6.92. The third-order valence-electron chi connectivity index (χ3n) is 8.20. The first kappa shape index (κ1) is 27.7. The summed E-state index contributed by atoms with van der Waals surface area (Å²) >= 11 is 1.76. The molecule has 6 aromatic rings. The molecule has 7 rings (SSSR count). The maximum absolute atomic E-state index is 13.6. The van der Waals surface area contributed by atoms with Crippen LogP contribution in [-0.4, -0.2) is 22.3 Å². The molecule has 0 spiro atoms. The van der Waals surface area contributed by atoms with Gasteiger partial charge in [-0.25, -0.2) is 4.79 Å². The van der Waals surface area contributed by atoms with Crippen molar-refractivity contribution in [1.29, 1.82) is 0 Å². The summed E-state index contributed by atoms with van der Waals surface area (Å²) in [5, 5.41) is 3.11. The number of thioether (sulfide) groups is 1. The van der Waals surface area contributed by atoms with E-state index in [1.165, 1.54) is 0 Å². The van der Waals surface area contributed by atoms with Crippen LogP contribution in [0.4, 0.5) is 0 Å². The highest BCUT2D eigenvalue weighted by molar-refractivity contribution is 8.00. The smallest absolute Gasteiger partial charge is 0.407 e. The minimum absolute atomic E-state index is 0.194. The number of β-lactam (4-membered cyclic amide) rings is 1. The third-order valence-corrected chi connectivity index (χ3v) is 9.87. The second-order valence-electron chi connectivity index (χ2n) is 10.8. The molecule has 1 aliphatic heterocycles. The molecule has 1 aromatic heterocycles. The minimum atomic E-state index is -0.716. The molecule has 1 fully saturated rings. The number of carbonyl (C=O) groups is 1. The van der Waals surface area contributed by atoms with Gasteiger partial charge in [-0.1, -0.05) is 152 Å². The zero-order chi connectivity index (χ0) is 29.9. The topological polar surface area (TPSA) is 64.2 Å². The van der Waals surface area contributed by atoms with Crippen LogP contribution in [0.25, 0.3) is 22.6 Å². The van der Waals surface area contributed by atoms with Crippen LogP contribution in [0.2, 0.25) is 0 Å². The standard InChI is InChI=1S/C38H30N2O3S/c41-36-34(40-33(27-16-6-1-7-17-27)35(43-37(40)42)28-18-8-2-9-19-28)32(39-36)26-44-38(29-20-10-3-11-21-29,30-22-12-4-13-23-30)31-24-14-5-15-25-31/h1-25,32,34H,26H2,(H,39,41). The lowest BCUT2D eigenvalue weighted by Gasteiger charge is -2.41. The molecule has 1 N–H and O–H groups in total. The highest BCUT2D eigenvalue weighted by Gasteiger charge is 2.46. The number of rotatable bonds is 9. The van der Waals surface area contributed by atoms with E-state index in [4.69, 9.17) is 4.42 Å². The molecule has 1 amide bonds. The molecule has 0 saturated carbocycles. The van der Waals surface area contributed by atoms with Gasteiger partial charge in [-0.3, -0.25) is 9.36 Å². The van der Waals surface area contributed by atoms with Crippen LogP contribution in [0.15, 0.2) is 161 Å². The van der Waals surface area contributed by atoms with E-state index in [0.717, 1.165) is 27.8 Å². The summed E-state index contributed by atoms with van der Waals surface area (Å²) in [6.07, 6.45) is 0. The van der Waals surface area contributed by atoms with Crippen LogP contribution in [-0.2, 0) is 9.54 Å². The summed E-state index contributed by atoms with van der Waals surface area (Å²) in [6, 6.07) is 49.6. The van der Waals surface area contributed by atoms with Crippen molar-refractivity contribution in [2.75, 3.05) is 5.75 Å². The van der Waals surface area contributed by atoms with E-state index in [-0.39, 0.29) is 11.9 Å². The summed E-state index contributed by atoms with van der Waals surface area (Å²) in [6.45, 7) is 0. The second kappa shape index (κ2) is 11.9.